The number of hydrogen-bond acceptors (Lipinski definition) is 7. The zero-order valence-electron chi connectivity index (χ0n) is 18.7. The third-order valence-corrected chi connectivity index (χ3v) is 6.55. The first-order chi connectivity index (χ1) is 15.1. The molecule has 0 unspecified atom stereocenters. The minimum atomic E-state index is -0.204. The molecule has 0 amide bonds. The zero-order valence-corrected chi connectivity index (χ0v) is 21.4. The van der Waals surface area contributed by atoms with E-state index in [9.17, 15) is 4.79 Å². The Morgan fingerprint density at radius 2 is 1.16 bits per heavy atom. The van der Waals surface area contributed by atoms with E-state index in [1.54, 1.807) is 0 Å². The van der Waals surface area contributed by atoms with Crippen LogP contribution in [0.2, 0.25) is 0 Å². The first-order valence-electron chi connectivity index (χ1n) is 11.8. The van der Waals surface area contributed by atoms with Crippen LogP contribution < -0.4 is 26.6 Å². The average molecular weight is 521 g/mol. The van der Waals surface area contributed by atoms with Crippen molar-refractivity contribution in [3.63, 3.8) is 0 Å². The van der Waals surface area contributed by atoms with Gasteiger partial charge in [-0.15, -0.1) is 0 Å². The summed E-state index contributed by atoms with van der Waals surface area (Å²) in [5, 5.41) is 18.7. The normalized spacial score (nSPS) is 33.3. The minimum absolute atomic E-state index is 0.00694. The molecule has 183 valence electrons. The van der Waals surface area contributed by atoms with E-state index < -0.39 is 0 Å². The molecule has 2 saturated carbocycles. The van der Waals surface area contributed by atoms with Gasteiger partial charge < -0.3 is 31.3 Å². The molecule has 3 aliphatic rings. The molecule has 0 aromatic heterocycles. The van der Waals surface area contributed by atoms with Gasteiger partial charge in [0.25, 0.3) is 0 Å². The topological polar surface area (TPSA) is 86.5 Å². The number of halogens is 2. The van der Waals surface area contributed by atoms with E-state index in [1.807, 2.05) is 0 Å². The summed E-state index contributed by atoms with van der Waals surface area (Å²) in [5.41, 5.74) is 0. The number of fused-ring (bicyclic) bond motifs is 2. The molecule has 1 aliphatic heterocycles. The van der Waals surface area contributed by atoms with Gasteiger partial charge in [0.15, 0.2) is 0 Å². The van der Waals surface area contributed by atoms with Crippen LogP contribution in [0, 0.1) is 0 Å². The predicted octanol–water partition coefficient (Wildman–Crippen LogP) is 1.88. The molecule has 31 heavy (non-hydrogen) atoms. The molecular formula is C21H41Cl2MnN5O2. The Kier molecular flexibility index (Phi) is 15.1. The summed E-state index contributed by atoms with van der Waals surface area (Å²) in [6.45, 7) is 6.66. The van der Waals surface area contributed by atoms with E-state index in [0.29, 0.717) is 30.8 Å². The molecule has 10 heteroatoms. The van der Waals surface area contributed by atoms with Crippen molar-refractivity contribution in [3.8, 4) is 0 Å². The SMILES string of the molecule is CC(=O)OC[C@@H]1CN[C@@H]2CCCC[C@H]2NCCN[C@@H]2CCCC[C@H]2NCCN1.[Cl][Mn][Cl]. The maximum absolute atomic E-state index is 11.3. The van der Waals surface area contributed by atoms with Gasteiger partial charge in [-0.2, -0.15) is 0 Å². The van der Waals surface area contributed by atoms with Gasteiger partial charge in [0.2, 0.25) is 0 Å². The van der Waals surface area contributed by atoms with E-state index in [4.69, 9.17) is 24.9 Å². The first kappa shape index (κ1) is 27.6. The van der Waals surface area contributed by atoms with Crippen molar-refractivity contribution in [2.45, 2.75) is 88.5 Å². The molecule has 3 fully saturated rings. The summed E-state index contributed by atoms with van der Waals surface area (Å²) in [6, 6.07) is 2.33. The number of carbonyl (C=O) groups is 1. The van der Waals surface area contributed by atoms with E-state index in [1.165, 1.54) is 58.3 Å². The van der Waals surface area contributed by atoms with Gasteiger partial charge in [0, 0.05) is 63.8 Å². The van der Waals surface area contributed by atoms with Gasteiger partial charge in [0.05, 0.1) is 6.04 Å². The second-order valence-corrected chi connectivity index (χ2v) is 10.7. The standard InChI is InChI=1S/C21H41N5O2.2ClH.Mn/c1-16(27)28-15-17-14-26-21-9-5-4-8-20(21)25-13-12-24-19-7-3-2-6-18(19)23-11-10-22-17;;;/h17-26H,2-15H2,1H3;2*1H;/q;;;+2/p-2/t17-,18+,19+,20+,21+;;;/m0.../s1. The Morgan fingerprint density at radius 1 is 0.774 bits per heavy atom. The van der Waals surface area contributed by atoms with Crippen molar-refractivity contribution in [1.82, 2.24) is 26.6 Å². The first-order valence-corrected chi connectivity index (χ1v) is 15.1. The van der Waals surface area contributed by atoms with E-state index >= 15 is 0 Å². The zero-order chi connectivity index (χ0) is 22.3. The third kappa shape index (κ3) is 11.4. The molecule has 7 nitrogen and oxygen atoms in total. The van der Waals surface area contributed by atoms with Gasteiger partial charge in [-0.3, -0.25) is 4.79 Å². The van der Waals surface area contributed by atoms with Crippen LogP contribution in [0.25, 0.3) is 0 Å². The quantitative estimate of drug-likeness (QED) is 0.280. The predicted molar refractivity (Wildman–Crippen MR) is 124 cm³/mol. The molecule has 0 aromatic rings. The fourth-order valence-electron chi connectivity index (χ4n) is 4.99. The number of carbonyl (C=O) groups excluding carboxylic acids is 1. The van der Waals surface area contributed by atoms with Crippen molar-refractivity contribution in [2.24, 2.45) is 0 Å². The Balaban J connectivity index is 0.00000107. The molecule has 0 bridgehead atoms. The fourth-order valence-corrected chi connectivity index (χ4v) is 4.99. The van der Waals surface area contributed by atoms with Crippen molar-refractivity contribution in [1.29, 1.82) is 0 Å². The van der Waals surface area contributed by atoms with E-state index in [-0.39, 0.29) is 25.1 Å². The summed E-state index contributed by atoms with van der Waals surface area (Å²) in [6.07, 6.45) is 10.3. The Hall–Kier alpha value is 0.369. The van der Waals surface area contributed by atoms with Crippen LogP contribution in [-0.4, -0.2) is 75.5 Å². The molecule has 3 rings (SSSR count). The molecule has 5 N–H and O–H groups in total. The van der Waals surface area contributed by atoms with Crippen LogP contribution in [0.3, 0.4) is 0 Å². The van der Waals surface area contributed by atoms with Gasteiger partial charge in [0.1, 0.15) is 6.61 Å². The van der Waals surface area contributed by atoms with Crippen molar-refractivity contribution >= 4 is 26.2 Å². The summed E-state index contributed by atoms with van der Waals surface area (Å²) >= 11 is 0.00694. The molecule has 0 spiro atoms. The van der Waals surface area contributed by atoms with Crippen LogP contribution in [0.4, 0.5) is 0 Å². The second-order valence-electron chi connectivity index (χ2n) is 8.77. The van der Waals surface area contributed by atoms with Gasteiger partial charge in [-0.05, 0) is 25.7 Å². The van der Waals surface area contributed by atoms with Crippen LogP contribution in [0.15, 0.2) is 0 Å². The summed E-state index contributed by atoms with van der Waals surface area (Å²) in [7, 11) is 9.59. The van der Waals surface area contributed by atoms with Crippen LogP contribution in [-0.2, 0) is 22.7 Å². The Bertz CT molecular complexity index is 495. The number of esters is 1. The van der Waals surface area contributed by atoms with Gasteiger partial charge in [-0.1, -0.05) is 25.7 Å². The average Bonchev–Trinajstić information content (AvgIpc) is 2.77. The van der Waals surface area contributed by atoms with Crippen LogP contribution in [0.1, 0.15) is 58.3 Å². The molecular weight excluding hydrogens is 480 g/mol. The molecule has 0 aromatic carbocycles. The summed E-state index contributed by atoms with van der Waals surface area (Å²) in [5.74, 6) is -0.204. The Labute approximate surface area is 202 Å². The van der Waals surface area contributed by atoms with Crippen molar-refractivity contribution in [3.05, 3.63) is 0 Å². The molecule has 5 atom stereocenters. The van der Waals surface area contributed by atoms with Crippen LogP contribution >= 0.6 is 20.2 Å². The van der Waals surface area contributed by atoms with E-state index in [2.05, 4.69) is 26.6 Å². The second kappa shape index (κ2) is 16.9. The number of nitrogens with one attached hydrogen (secondary N) is 5. The fraction of sp³-hybridized carbons (Fsp3) is 0.952. The van der Waals surface area contributed by atoms with E-state index in [0.717, 1.165) is 32.7 Å². The summed E-state index contributed by atoms with van der Waals surface area (Å²) < 4.78 is 5.30. The number of ether oxygens (including phenoxy) is 1. The number of hydrogen-bond donors (Lipinski definition) is 5. The monoisotopic (exact) mass is 520 g/mol. The van der Waals surface area contributed by atoms with Crippen molar-refractivity contribution in [2.75, 3.05) is 39.3 Å². The maximum atomic E-state index is 11.3. The third-order valence-electron chi connectivity index (χ3n) is 6.55. The van der Waals surface area contributed by atoms with Crippen LogP contribution in [0.5, 0.6) is 0 Å². The number of rotatable bonds is 2. The van der Waals surface area contributed by atoms with Gasteiger partial charge >= 0.3 is 39.3 Å². The summed E-state index contributed by atoms with van der Waals surface area (Å²) in [4.78, 5) is 11.3. The molecule has 0 radical (unpaired) electrons. The van der Waals surface area contributed by atoms with Crippen molar-refractivity contribution < 1.29 is 22.7 Å². The molecule has 1 heterocycles. The van der Waals surface area contributed by atoms with Gasteiger partial charge in [-0.25, -0.2) is 0 Å². The molecule has 2 aliphatic carbocycles. The Morgan fingerprint density at radius 3 is 1.58 bits per heavy atom. The molecule has 1 saturated heterocycles.